The molecule has 14 heavy (non-hydrogen) atoms. The van der Waals surface area contributed by atoms with Crippen LogP contribution in [-0.4, -0.2) is 23.0 Å². The van der Waals surface area contributed by atoms with Crippen molar-refractivity contribution in [1.29, 1.82) is 0 Å². The van der Waals surface area contributed by atoms with Crippen molar-refractivity contribution in [2.24, 2.45) is 0 Å². The number of nitro benzene ring substituents is 1. The van der Waals surface area contributed by atoms with Crippen LogP contribution in [0.5, 0.6) is 5.75 Å². The molecule has 0 radical (unpaired) electrons. The fourth-order valence-corrected chi connectivity index (χ4v) is 0.888. The highest BCUT2D eigenvalue weighted by atomic mass is 16.6. The van der Waals surface area contributed by atoms with Gasteiger partial charge in [-0.15, -0.1) is 0 Å². The van der Waals surface area contributed by atoms with Crippen LogP contribution in [0.2, 0.25) is 0 Å². The number of ether oxygens (including phenoxy) is 1. The molecule has 74 valence electrons. The van der Waals surface area contributed by atoms with Gasteiger partial charge in [-0.2, -0.15) is 0 Å². The number of methoxy groups -OCH3 is 1. The Morgan fingerprint density at radius 3 is 2.93 bits per heavy atom. The monoisotopic (exact) mass is 200 g/mol. The van der Waals surface area contributed by atoms with Gasteiger partial charge in [0.25, 0.3) is 5.69 Å². The maximum atomic E-state index is 10.8. The topological polar surface area (TPSA) is 89.7 Å². The van der Waals surface area contributed by atoms with Crippen LogP contribution in [0, 0.1) is 10.1 Å². The lowest BCUT2D eigenvalue weighted by molar-refractivity contribution is -0.384. The van der Waals surface area contributed by atoms with E-state index in [1.54, 1.807) is 0 Å². The van der Waals surface area contributed by atoms with Crippen molar-refractivity contribution < 1.29 is 23.7 Å². The smallest absolute Gasteiger partial charge is 0.339 e. The van der Waals surface area contributed by atoms with Gasteiger partial charge in [0.05, 0.1) is 16.1 Å². The Morgan fingerprint density at radius 2 is 2.43 bits per heavy atom. The summed E-state index contributed by atoms with van der Waals surface area (Å²) >= 11 is 0. The van der Waals surface area contributed by atoms with Crippen LogP contribution >= 0.6 is 0 Å². The molecule has 1 N–H and O–H groups in total. The van der Waals surface area contributed by atoms with Crippen LogP contribution in [0.4, 0.5) is 5.69 Å². The predicted octanol–water partition coefficient (Wildman–Crippen LogP) is 1.30. The van der Waals surface area contributed by atoms with Crippen LogP contribution in [-0.2, 0) is 0 Å². The minimum atomic E-state index is -2.82. The van der Waals surface area contributed by atoms with E-state index in [2.05, 4.69) is 4.74 Å². The maximum Gasteiger partial charge on any atom is 0.339 e. The van der Waals surface area contributed by atoms with Crippen molar-refractivity contribution >= 4 is 11.7 Å². The summed E-state index contributed by atoms with van der Waals surface area (Å²) in [5, 5.41) is 19.2. The molecule has 1 rings (SSSR count). The van der Waals surface area contributed by atoms with Gasteiger partial charge in [-0.05, 0) is 6.07 Å². The average molecular weight is 200 g/mol. The lowest BCUT2D eigenvalue weighted by atomic mass is 10.2. The van der Waals surface area contributed by atoms with Gasteiger partial charge < -0.3 is 9.84 Å². The van der Waals surface area contributed by atoms with Crippen molar-refractivity contribution in [2.45, 2.75) is 0 Å². The van der Waals surface area contributed by atoms with E-state index in [4.69, 9.17) is 9.22 Å². The summed E-state index contributed by atoms with van der Waals surface area (Å²) in [5.74, 6) is -1.95. The quantitative estimate of drug-likeness (QED) is 0.586. The van der Waals surface area contributed by atoms with E-state index in [1.807, 2.05) is 0 Å². The summed E-state index contributed by atoms with van der Waals surface area (Å²) in [7, 11) is -2.82. The van der Waals surface area contributed by atoms with Gasteiger partial charge in [-0.3, -0.25) is 10.1 Å². The molecular weight excluding hydrogens is 190 g/mol. The largest absolute Gasteiger partial charge is 0.496 e. The number of hydrogen-bond acceptors (Lipinski definition) is 4. The average Bonchev–Trinajstić information content (AvgIpc) is 2.14. The molecule has 6 nitrogen and oxygen atoms in total. The molecule has 0 aliphatic rings. The third-order valence-corrected chi connectivity index (χ3v) is 1.51. The number of carboxylic acids is 1. The molecule has 0 unspecified atom stereocenters. The van der Waals surface area contributed by atoms with Crippen molar-refractivity contribution in [3.8, 4) is 5.75 Å². The van der Waals surface area contributed by atoms with Gasteiger partial charge in [-0.25, -0.2) is 4.79 Å². The molecule has 0 amide bonds. The lowest BCUT2D eigenvalue weighted by Gasteiger charge is -2.03. The normalized spacial score (nSPS) is 13.6. The van der Waals surface area contributed by atoms with E-state index < -0.39 is 34.9 Å². The van der Waals surface area contributed by atoms with E-state index in [0.717, 1.165) is 18.2 Å². The van der Waals surface area contributed by atoms with E-state index in [9.17, 15) is 14.9 Å². The number of benzene rings is 1. The van der Waals surface area contributed by atoms with Gasteiger partial charge in [0.2, 0.25) is 0 Å². The Bertz CT molecular complexity index is 471. The second-order valence-corrected chi connectivity index (χ2v) is 2.34. The molecule has 0 bridgehead atoms. The molecule has 1 aromatic carbocycles. The van der Waals surface area contributed by atoms with Gasteiger partial charge in [-0.1, -0.05) is 0 Å². The molecule has 0 saturated carbocycles. The summed E-state index contributed by atoms with van der Waals surface area (Å²) in [6, 6.07) is 2.64. The number of hydrogen-bond donors (Lipinski definition) is 1. The van der Waals surface area contributed by atoms with Gasteiger partial charge >= 0.3 is 5.97 Å². The van der Waals surface area contributed by atoms with Crippen molar-refractivity contribution in [3.05, 3.63) is 33.9 Å². The molecule has 0 heterocycles. The van der Waals surface area contributed by atoms with Crippen LogP contribution in [0.3, 0.4) is 0 Å². The molecule has 0 aliphatic heterocycles. The minimum absolute atomic E-state index is 0.442. The standard InChI is InChI=1S/C8H7NO5/c1-14-7-3-2-5(9(12)13)4-6(7)8(10)11/h2-4H,1H3,(H,10,11)/i1D3. The Kier molecular flexibility index (Phi) is 1.70. The first-order valence-corrected chi connectivity index (χ1v) is 3.41. The second kappa shape index (κ2) is 3.73. The van der Waals surface area contributed by atoms with E-state index in [0.29, 0.717) is 0 Å². The molecule has 1 aromatic rings. The van der Waals surface area contributed by atoms with Crippen molar-refractivity contribution in [2.75, 3.05) is 7.04 Å². The second-order valence-electron chi connectivity index (χ2n) is 2.34. The lowest BCUT2D eigenvalue weighted by Crippen LogP contribution is -2.01. The van der Waals surface area contributed by atoms with E-state index >= 15 is 0 Å². The molecule has 0 fully saturated rings. The Hall–Kier alpha value is -2.11. The number of nitro groups is 1. The highest BCUT2D eigenvalue weighted by Crippen LogP contribution is 2.23. The summed E-state index contributed by atoms with van der Waals surface area (Å²) in [4.78, 5) is 20.4. The molecule has 0 saturated heterocycles. The maximum absolute atomic E-state index is 10.8. The molecular formula is C8H7NO5. The number of rotatable bonds is 3. The zero-order chi connectivity index (χ0) is 13.2. The summed E-state index contributed by atoms with van der Waals surface area (Å²) in [6.07, 6.45) is 0. The van der Waals surface area contributed by atoms with Gasteiger partial charge in [0, 0.05) is 12.1 Å². The van der Waals surface area contributed by atoms with Crippen molar-refractivity contribution in [1.82, 2.24) is 0 Å². The Labute approximate surface area is 83.1 Å². The van der Waals surface area contributed by atoms with Crippen molar-refractivity contribution in [3.63, 3.8) is 0 Å². The van der Waals surface area contributed by atoms with Crippen LogP contribution < -0.4 is 4.74 Å². The Morgan fingerprint density at radius 1 is 1.71 bits per heavy atom. The predicted molar refractivity (Wildman–Crippen MR) is 46.6 cm³/mol. The zero-order valence-electron chi connectivity index (χ0n) is 9.76. The fourth-order valence-electron chi connectivity index (χ4n) is 0.888. The highest BCUT2D eigenvalue weighted by molar-refractivity contribution is 5.91. The number of carbonyl (C=O) groups is 1. The van der Waals surface area contributed by atoms with Gasteiger partial charge in [0.1, 0.15) is 11.3 Å². The summed E-state index contributed by atoms with van der Waals surface area (Å²) in [5.41, 5.74) is -1.03. The first kappa shape index (κ1) is 6.36. The van der Waals surface area contributed by atoms with Crippen LogP contribution in [0.15, 0.2) is 18.2 Å². The number of carboxylic acid groups (broad SMARTS) is 1. The summed E-state index contributed by atoms with van der Waals surface area (Å²) in [6.45, 7) is 0. The molecule has 0 aromatic heterocycles. The number of aromatic carboxylic acids is 1. The first-order valence-electron chi connectivity index (χ1n) is 4.91. The molecule has 0 spiro atoms. The SMILES string of the molecule is [2H]C([2H])([2H])Oc1ccc([N+](=O)[O-])cc1C(=O)O. The third-order valence-electron chi connectivity index (χ3n) is 1.51. The van der Waals surface area contributed by atoms with Gasteiger partial charge in [0.15, 0.2) is 0 Å². The number of nitrogens with zero attached hydrogens (tertiary/aromatic N) is 1. The van der Waals surface area contributed by atoms with E-state index in [-0.39, 0.29) is 0 Å². The molecule has 6 heteroatoms. The highest BCUT2D eigenvalue weighted by Gasteiger charge is 2.15. The Balaban J connectivity index is 3.23. The molecule has 0 atom stereocenters. The number of non-ortho nitro benzene ring substituents is 1. The first-order chi connectivity index (χ1) is 7.70. The summed E-state index contributed by atoms with van der Waals surface area (Å²) < 4.78 is 24.9. The van der Waals surface area contributed by atoms with E-state index in [1.165, 1.54) is 0 Å². The fraction of sp³-hybridized carbons (Fsp3) is 0.125. The molecule has 0 aliphatic carbocycles. The zero-order valence-corrected chi connectivity index (χ0v) is 6.76. The van der Waals surface area contributed by atoms with Crippen LogP contribution in [0.1, 0.15) is 14.5 Å². The minimum Gasteiger partial charge on any atom is -0.496 e. The van der Waals surface area contributed by atoms with Crippen LogP contribution in [0.25, 0.3) is 0 Å². The third kappa shape index (κ3) is 1.79.